The van der Waals surface area contributed by atoms with Crippen molar-refractivity contribution in [1.29, 1.82) is 0 Å². The van der Waals surface area contributed by atoms with Gasteiger partial charge in [0.15, 0.2) is 5.78 Å². The average molecular weight is 481 g/mol. The zero-order valence-corrected chi connectivity index (χ0v) is 22.9. The summed E-state index contributed by atoms with van der Waals surface area (Å²) in [4.78, 5) is 12.8. The molecule has 2 aromatic carbocycles. The Labute approximate surface area is 218 Å². The minimum atomic E-state index is -0.104. The molecule has 0 saturated heterocycles. The largest absolute Gasteiger partial charge is 0.496 e. The van der Waals surface area contributed by atoms with Crippen molar-refractivity contribution < 1.29 is 9.53 Å². The molecule has 0 radical (unpaired) electrons. The van der Waals surface area contributed by atoms with Gasteiger partial charge in [0.05, 0.1) is 12.7 Å². The van der Waals surface area contributed by atoms with Crippen molar-refractivity contribution >= 4 is 5.78 Å². The molecule has 0 aromatic heterocycles. The Morgan fingerprint density at radius 1 is 1.00 bits per heavy atom. The zero-order valence-electron chi connectivity index (χ0n) is 22.9. The fraction of sp³-hybridized carbons (Fsp3) is 0.235. The maximum atomic E-state index is 12.8. The minimum Gasteiger partial charge on any atom is -0.496 e. The molecule has 36 heavy (non-hydrogen) atoms. The van der Waals surface area contributed by atoms with Crippen molar-refractivity contribution in [3.63, 3.8) is 0 Å². The van der Waals surface area contributed by atoms with Crippen LogP contribution in [-0.2, 0) is 6.42 Å². The maximum absolute atomic E-state index is 12.8. The monoisotopic (exact) mass is 480 g/mol. The zero-order chi connectivity index (χ0) is 27.1. The van der Waals surface area contributed by atoms with E-state index in [1.807, 2.05) is 96.2 Å². The van der Waals surface area contributed by atoms with E-state index < -0.39 is 0 Å². The van der Waals surface area contributed by atoms with E-state index in [1.54, 1.807) is 13.2 Å². The first-order valence-electron chi connectivity index (χ1n) is 12.5. The van der Waals surface area contributed by atoms with E-state index in [4.69, 9.17) is 4.74 Å². The van der Waals surface area contributed by atoms with Gasteiger partial charge >= 0.3 is 0 Å². The van der Waals surface area contributed by atoms with Gasteiger partial charge in [-0.05, 0) is 72.4 Å². The normalized spacial score (nSPS) is 12.4. The lowest BCUT2D eigenvalue weighted by molar-refractivity contribution is 0.104. The van der Waals surface area contributed by atoms with Crippen LogP contribution in [-0.4, -0.2) is 12.9 Å². The lowest BCUT2D eigenvalue weighted by Crippen LogP contribution is -1.99. The van der Waals surface area contributed by atoms with Crippen molar-refractivity contribution in [2.24, 2.45) is 0 Å². The van der Waals surface area contributed by atoms with Gasteiger partial charge in [0.25, 0.3) is 0 Å². The fourth-order valence-corrected chi connectivity index (χ4v) is 3.60. The molecule has 0 atom stereocenters. The van der Waals surface area contributed by atoms with Gasteiger partial charge in [-0.25, -0.2) is 0 Å². The predicted octanol–water partition coefficient (Wildman–Crippen LogP) is 9.12. The minimum absolute atomic E-state index is 0.104. The Balaban J connectivity index is 0.00000154. The summed E-state index contributed by atoms with van der Waals surface area (Å²) in [5.74, 6) is 0.465. The molecule has 0 saturated carbocycles. The van der Waals surface area contributed by atoms with E-state index in [1.165, 1.54) is 5.56 Å². The van der Waals surface area contributed by atoms with Gasteiger partial charge in [-0.15, -0.1) is 5.73 Å². The van der Waals surface area contributed by atoms with Crippen LogP contribution in [0.3, 0.4) is 0 Å². The summed E-state index contributed by atoms with van der Waals surface area (Å²) in [5.41, 5.74) is 10.6. The summed E-state index contributed by atoms with van der Waals surface area (Å²) < 4.78 is 5.34. The standard InChI is InChI=1S/C30H28O2.2C2H6/c1-6-25(14-10-13-24-11-8-7-9-12-24)27-20-26(22(3)23(27)4)16-17-29(31)28-19-21(2)15-18-30(28)32-5;2*1-2/h7-12,14-20H,1,3,13H2,2,4-5H3;2*1-2H3/b14-10+,17-16+;;. The molecular formula is C34H40O2. The second-order valence-corrected chi connectivity index (χ2v) is 7.70. The van der Waals surface area contributed by atoms with Gasteiger partial charge < -0.3 is 4.74 Å². The van der Waals surface area contributed by atoms with E-state index in [0.29, 0.717) is 11.3 Å². The highest BCUT2D eigenvalue weighted by molar-refractivity contribution is 6.07. The second-order valence-electron chi connectivity index (χ2n) is 7.70. The van der Waals surface area contributed by atoms with Crippen molar-refractivity contribution in [1.82, 2.24) is 0 Å². The fourth-order valence-electron chi connectivity index (χ4n) is 3.60. The first-order chi connectivity index (χ1) is 17.4. The topological polar surface area (TPSA) is 26.3 Å². The molecule has 0 unspecified atom stereocenters. The molecule has 1 aliphatic carbocycles. The summed E-state index contributed by atoms with van der Waals surface area (Å²) in [7, 11) is 1.57. The summed E-state index contributed by atoms with van der Waals surface area (Å²) in [6.07, 6.45) is 10.4. The number of ether oxygens (including phenoxy) is 1. The number of carbonyl (C=O) groups excluding carboxylic acids is 1. The molecule has 2 nitrogen and oxygen atoms in total. The van der Waals surface area contributed by atoms with Gasteiger partial charge in [0.1, 0.15) is 5.75 Å². The van der Waals surface area contributed by atoms with Crippen LogP contribution in [0.2, 0.25) is 0 Å². The van der Waals surface area contributed by atoms with Crippen LogP contribution in [0.4, 0.5) is 0 Å². The van der Waals surface area contributed by atoms with Crippen LogP contribution in [0.5, 0.6) is 5.75 Å². The highest BCUT2D eigenvalue weighted by Gasteiger charge is 2.18. The number of aryl methyl sites for hydroxylation is 1. The number of allylic oxidation sites excluding steroid dienone is 10. The Bertz CT molecular complexity index is 1210. The maximum Gasteiger partial charge on any atom is 0.189 e. The third kappa shape index (κ3) is 8.12. The quantitative estimate of drug-likeness (QED) is 0.163. The Morgan fingerprint density at radius 2 is 1.67 bits per heavy atom. The van der Waals surface area contributed by atoms with E-state index >= 15 is 0 Å². The number of hydrogen-bond donors (Lipinski definition) is 0. The molecule has 1 aliphatic rings. The van der Waals surface area contributed by atoms with Crippen LogP contribution >= 0.6 is 0 Å². The summed E-state index contributed by atoms with van der Waals surface area (Å²) in [5, 5.41) is 0. The third-order valence-corrected chi connectivity index (χ3v) is 5.50. The highest BCUT2D eigenvalue weighted by atomic mass is 16.5. The SMILES string of the molecule is C=C=C(/C=C/Cc1ccccc1)C1=C(C)C(=C)C(/C=C/C(=O)c2cc(C)ccc2OC)=C1.CC.CC. The molecule has 0 spiro atoms. The summed E-state index contributed by atoms with van der Waals surface area (Å²) in [6, 6.07) is 15.9. The molecule has 0 amide bonds. The summed E-state index contributed by atoms with van der Waals surface area (Å²) >= 11 is 0. The number of benzene rings is 2. The summed E-state index contributed by atoms with van der Waals surface area (Å²) in [6.45, 7) is 20.1. The lowest BCUT2D eigenvalue weighted by atomic mass is 10.0. The van der Waals surface area contributed by atoms with Crippen molar-refractivity contribution in [2.75, 3.05) is 7.11 Å². The third-order valence-electron chi connectivity index (χ3n) is 5.50. The number of ketones is 1. The van der Waals surface area contributed by atoms with Crippen LogP contribution in [0, 0.1) is 6.92 Å². The number of rotatable bonds is 8. The van der Waals surface area contributed by atoms with E-state index in [2.05, 4.69) is 37.1 Å². The van der Waals surface area contributed by atoms with Crippen LogP contribution in [0.15, 0.2) is 126 Å². The highest BCUT2D eigenvalue weighted by Crippen LogP contribution is 2.34. The van der Waals surface area contributed by atoms with Gasteiger partial charge in [-0.3, -0.25) is 4.79 Å². The number of methoxy groups -OCH3 is 1. The molecule has 2 aromatic rings. The molecule has 188 valence electrons. The van der Waals surface area contributed by atoms with Crippen molar-refractivity contribution in [2.45, 2.75) is 48.0 Å². The molecule has 0 heterocycles. The smallest absolute Gasteiger partial charge is 0.189 e. The predicted molar refractivity (Wildman–Crippen MR) is 156 cm³/mol. The number of carbonyl (C=O) groups is 1. The average Bonchev–Trinajstić information content (AvgIpc) is 3.21. The number of hydrogen-bond acceptors (Lipinski definition) is 2. The van der Waals surface area contributed by atoms with Gasteiger partial charge in [-0.2, -0.15) is 0 Å². The Kier molecular flexibility index (Phi) is 13.3. The van der Waals surface area contributed by atoms with Crippen LogP contribution in [0.25, 0.3) is 0 Å². The second kappa shape index (κ2) is 15.9. The van der Waals surface area contributed by atoms with Crippen molar-refractivity contribution in [3.05, 3.63) is 142 Å². The van der Waals surface area contributed by atoms with E-state index in [9.17, 15) is 4.79 Å². The molecule has 2 heteroatoms. The molecule has 0 N–H and O–H groups in total. The van der Waals surface area contributed by atoms with Crippen LogP contribution < -0.4 is 4.74 Å². The molecule has 0 aliphatic heterocycles. The van der Waals surface area contributed by atoms with Gasteiger partial charge in [-0.1, -0.05) is 101 Å². The van der Waals surface area contributed by atoms with Gasteiger partial charge in [0, 0.05) is 5.57 Å². The molecule has 3 rings (SSSR count). The molecular weight excluding hydrogens is 440 g/mol. The molecule has 0 bridgehead atoms. The Morgan fingerprint density at radius 3 is 2.28 bits per heavy atom. The lowest BCUT2D eigenvalue weighted by Gasteiger charge is -2.06. The van der Waals surface area contributed by atoms with Gasteiger partial charge in [0.2, 0.25) is 0 Å². The molecule has 0 fully saturated rings. The van der Waals surface area contributed by atoms with E-state index in [-0.39, 0.29) is 5.78 Å². The van der Waals surface area contributed by atoms with Crippen molar-refractivity contribution in [3.8, 4) is 5.75 Å². The first-order valence-corrected chi connectivity index (χ1v) is 12.5. The van der Waals surface area contributed by atoms with E-state index in [0.717, 1.165) is 39.8 Å². The Hall–Kier alpha value is -3.87. The first kappa shape index (κ1) is 30.2. The van der Waals surface area contributed by atoms with Crippen LogP contribution in [0.1, 0.15) is 56.1 Å².